The van der Waals surface area contributed by atoms with Crippen molar-refractivity contribution in [3.63, 3.8) is 0 Å². The number of benzene rings is 2. The van der Waals surface area contributed by atoms with Gasteiger partial charge in [0.2, 0.25) is 15.9 Å². The van der Waals surface area contributed by atoms with Gasteiger partial charge in [0.1, 0.15) is 23.8 Å². The molecule has 1 N–H and O–H groups in total. The van der Waals surface area contributed by atoms with Crippen molar-refractivity contribution in [1.29, 1.82) is 0 Å². The van der Waals surface area contributed by atoms with E-state index >= 15 is 0 Å². The number of methoxy groups -OCH3 is 2. The van der Waals surface area contributed by atoms with Gasteiger partial charge in [-0.15, -0.1) is 0 Å². The monoisotopic (exact) mass is 531 g/mol. The van der Waals surface area contributed by atoms with Crippen molar-refractivity contribution in [2.24, 2.45) is 5.92 Å². The van der Waals surface area contributed by atoms with Gasteiger partial charge in [-0.3, -0.25) is 14.5 Å². The van der Waals surface area contributed by atoms with Gasteiger partial charge in [-0.1, -0.05) is 13.0 Å². The molecule has 0 aliphatic carbocycles. The summed E-state index contributed by atoms with van der Waals surface area (Å²) in [6.45, 7) is 2.89. The lowest BCUT2D eigenvalue weighted by Gasteiger charge is -2.31. The van der Waals surface area contributed by atoms with Crippen LogP contribution in [0.2, 0.25) is 0 Å². The van der Waals surface area contributed by atoms with Crippen LogP contribution in [0.3, 0.4) is 0 Å². The second kappa shape index (κ2) is 11.4. The third-order valence-electron chi connectivity index (χ3n) is 6.77. The number of nitrogens with zero attached hydrogens (tertiary/aromatic N) is 2. The molecule has 1 fully saturated rings. The number of amides is 2. The largest absolute Gasteiger partial charge is 0.497 e. The maximum atomic E-state index is 13.2. The maximum absolute atomic E-state index is 13.2. The molecule has 0 atom stereocenters. The molecule has 11 heteroatoms. The zero-order valence-electron chi connectivity index (χ0n) is 21.4. The predicted molar refractivity (Wildman–Crippen MR) is 138 cm³/mol. The van der Waals surface area contributed by atoms with Gasteiger partial charge in [-0.25, -0.2) is 8.42 Å². The Bertz CT molecular complexity index is 1260. The van der Waals surface area contributed by atoms with E-state index in [1.54, 1.807) is 26.4 Å². The minimum absolute atomic E-state index is 0.0797. The Balaban J connectivity index is 1.44. The molecule has 10 nitrogen and oxygen atoms in total. The number of piperidine rings is 1. The smallest absolute Gasteiger partial charge is 0.265 e. The summed E-state index contributed by atoms with van der Waals surface area (Å²) in [6, 6.07) is 9.92. The standard InChI is InChI=1S/C26H33N3O7S/c1-18-9-12-28(13-10-18)37(32,33)21-6-7-23-22(15-21)29(26(31)17-36-23)16-25(30)27-11-8-19-4-5-20(34-2)14-24(19)35-3/h4-7,14-15,18H,8-13,16-17H2,1-3H3,(H,27,30). The summed E-state index contributed by atoms with van der Waals surface area (Å²) in [6.07, 6.45) is 2.13. The third-order valence-corrected chi connectivity index (χ3v) is 8.66. The summed E-state index contributed by atoms with van der Waals surface area (Å²) in [5.74, 6) is 1.39. The topological polar surface area (TPSA) is 114 Å². The summed E-state index contributed by atoms with van der Waals surface area (Å²) >= 11 is 0. The van der Waals surface area contributed by atoms with E-state index in [4.69, 9.17) is 14.2 Å². The Hall–Kier alpha value is -3.31. The van der Waals surface area contributed by atoms with E-state index in [9.17, 15) is 18.0 Å². The van der Waals surface area contributed by atoms with Crippen LogP contribution in [0.5, 0.6) is 17.2 Å². The van der Waals surface area contributed by atoms with Crippen LogP contribution in [0, 0.1) is 5.92 Å². The number of anilines is 1. The highest BCUT2D eigenvalue weighted by Crippen LogP contribution is 2.35. The lowest BCUT2D eigenvalue weighted by atomic mass is 10.0. The van der Waals surface area contributed by atoms with E-state index in [0.717, 1.165) is 18.4 Å². The number of sulfonamides is 1. The van der Waals surface area contributed by atoms with E-state index in [0.29, 0.717) is 49.2 Å². The highest BCUT2D eigenvalue weighted by molar-refractivity contribution is 7.89. The number of rotatable bonds is 9. The van der Waals surface area contributed by atoms with Crippen LogP contribution in [0.15, 0.2) is 41.3 Å². The zero-order chi connectivity index (χ0) is 26.6. The molecule has 2 aliphatic rings. The highest BCUT2D eigenvalue weighted by atomic mass is 32.2. The lowest BCUT2D eigenvalue weighted by Crippen LogP contribution is -2.45. The van der Waals surface area contributed by atoms with Gasteiger partial charge in [0, 0.05) is 25.7 Å². The summed E-state index contributed by atoms with van der Waals surface area (Å²) in [4.78, 5) is 26.8. The van der Waals surface area contributed by atoms with E-state index in [2.05, 4.69) is 12.2 Å². The van der Waals surface area contributed by atoms with Crippen molar-refractivity contribution >= 4 is 27.5 Å². The second-order valence-electron chi connectivity index (χ2n) is 9.26. The molecule has 200 valence electrons. The minimum atomic E-state index is -3.73. The van der Waals surface area contributed by atoms with Crippen molar-refractivity contribution in [2.75, 3.05) is 51.9 Å². The summed E-state index contributed by atoms with van der Waals surface area (Å²) < 4.78 is 44.1. The Morgan fingerprint density at radius 1 is 1.11 bits per heavy atom. The number of hydrogen-bond donors (Lipinski definition) is 1. The highest BCUT2D eigenvalue weighted by Gasteiger charge is 2.32. The Labute approximate surface area is 217 Å². The summed E-state index contributed by atoms with van der Waals surface area (Å²) in [5, 5.41) is 2.82. The average molecular weight is 532 g/mol. The van der Waals surface area contributed by atoms with Gasteiger partial charge >= 0.3 is 0 Å². The van der Waals surface area contributed by atoms with Gasteiger partial charge in [-0.05, 0) is 55.0 Å². The van der Waals surface area contributed by atoms with Gasteiger partial charge in [0.15, 0.2) is 6.61 Å². The fraction of sp³-hybridized carbons (Fsp3) is 0.462. The van der Waals surface area contributed by atoms with Crippen LogP contribution in [0.1, 0.15) is 25.3 Å². The van der Waals surface area contributed by atoms with Crippen LogP contribution >= 0.6 is 0 Å². The quantitative estimate of drug-likeness (QED) is 0.528. The number of carbonyl (C=O) groups excluding carboxylic acids is 2. The zero-order valence-corrected chi connectivity index (χ0v) is 22.2. The number of hydrogen-bond acceptors (Lipinski definition) is 7. The first-order valence-electron chi connectivity index (χ1n) is 12.3. The Morgan fingerprint density at radius 2 is 1.86 bits per heavy atom. The number of ether oxygens (including phenoxy) is 3. The molecular formula is C26H33N3O7S. The van der Waals surface area contributed by atoms with E-state index in [1.807, 2.05) is 12.1 Å². The van der Waals surface area contributed by atoms with Crippen molar-refractivity contribution < 1.29 is 32.2 Å². The maximum Gasteiger partial charge on any atom is 0.265 e. The van der Waals surface area contributed by atoms with Crippen molar-refractivity contribution in [1.82, 2.24) is 9.62 Å². The summed E-state index contributed by atoms with van der Waals surface area (Å²) in [5.41, 5.74) is 1.17. The molecule has 2 aromatic carbocycles. The van der Waals surface area contributed by atoms with E-state index in [1.165, 1.54) is 21.3 Å². The predicted octanol–water partition coefficient (Wildman–Crippen LogP) is 2.21. The first-order valence-corrected chi connectivity index (χ1v) is 13.7. The molecule has 0 spiro atoms. The first-order chi connectivity index (χ1) is 17.7. The van der Waals surface area contributed by atoms with Gasteiger partial charge in [0.05, 0.1) is 24.8 Å². The minimum Gasteiger partial charge on any atom is -0.497 e. The molecule has 37 heavy (non-hydrogen) atoms. The van der Waals surface area contributed by atoms with Crippen molar-refractivity contribution in [3.8, 4) is 17.2 Å². The van der Waals surface area contributed by atoms with Crippen LogP contribution in [0.4, 0.5) is 5.69 Å². The molecule has 0 bridgehead atoms. The lowest BCUT2D eigenvalue weighted by molar-refractivity contribution is -0.125. The van der Waals surface area contributed by atoms with Crippen molar-refractivity contribution in [3.05, 3.63) is 42.0 Å². The Morgan fingerprint density at radius 3 is 2.57 bits per heavy atom. The number of carbonyl (C=O) groups is 2. The molecule has 2 aliphatic heterocycles. The van der Waals surface area contributed by atoms with Gasteiger partial charge in [0.25, 0.3) is 5.91 Å². The molecule has 0 saturated carbocycles. The van der Waals surface area contributed by atoms with Crippen LogP contribution in [0.25, 0.3) is 0 Å². The molecule has 0 radical (unpaired) electrons. The first kappa shape index (κ1) is 26.7. The molecule has 1 saturated heterocycles. The fourth-order valence-electron chi connectivity index (χ4n) is 4.48. The normalized spacial score (nSPS) is 16.6. The average Bonchev–Trinajstić information content (AvgIpc) is 2.90. The Kier molecular flexibility index (Phi) is 8.23. The summed E-state index contributed by atoms with van der Waals surface area (Å²) in [7, 11) is -0.583. The van der Waals surface area contributed by atoms with Crippen LogP contribution in [-0.2, 0) is 26.0 Å². The van der Waals surface area contributed by atoms with Gasteiger partial charge in [-0.2, -0.15) is 4.31 Å². The molecule has 4 rings (SSSR count). The van der Waals surface area contributed by atoms with E-state index in [-0.39, 0.29) is 29.6 Å². The molecule has 0 unspecified atom stereocenters. The molecule has 0 aromatic heterocycles. The number of nitrogens with one attached hydrogen (secondary N) is 1. The molecule has 2 amide bonds. The SMILES string of the molecule is COc1ccc(CCNC(=O)CN2C(=O)COc3ccc(S(=O)(=O)N4CCC(C)CC4)cc32)c(OC)c1. The third kappa shape index (κ3) is 5.99. The van der Waals surface area contributed by atoms with Gasteiger partial charge < -0.3 is 19.5 Å². The molecule has 2 heterocycles. The van der Waals surface area contributed by atoms with E-state index < -0.39 is 15.9 Å². The molecule has 2 aromatic rings. The fourth-order valence-corrected chi connectivity index (χ4v) is 5.97. The van der Waals surface area contributed by atoms with Crippen LogP contribution < -0.4 is 24.4 Å². The second-order valence-corrected chi connectivity index (χ2v) is 11.2. The number of fused-ring (bicyclic) bond motifs is 1. The van der Waals surface area contributed by atoms with Crippen molar-refractivity contribution in [2.45, 2.75) is 31.1 Å². The molecular weight excluding hydrogens is 498 g/mol. The van der Waals surface area contributed by atoms with Crippen LogP contribution in [-0.4, -0.2) is 71.5 Å².